The number of likely N-dealkylation sites (N-methyl/N-ethyl adjacent to an activating group) is 1. The molecular weight excluding hydrogens is 950 g/mol. The molecule has 3 saturated heterocycles. The molecule has 4 aliphatic heterocycles. The van der Waals surface area contributed by atoms with Gasteiger partial charge >= 0.3 is 14.7 Å². The van der Waals surface area contributed by atoms with Crippen molar-refractivity contribution in [3.63, 3.8) is 0 Å². The minimum atomic E-state index is -4.02. The molecule has 0 aliphatic carbocycles. The molecule has 4 aliphatic rings. The standard InChI is InChI=1S/C47H61F2N10O11P/c1-57-22-19-29-12-15-38(59(29)46(67)36(26-57)55-42(63)35-24-27-23-28(11-13-32(27)53-35)47(48,49)70-71(68)69)44(65)54-34(14-17-39(50)60)41(62)52-21-7-5-3-2-4-6-20-51-33-10-8-9-30-31(33)25-58(45(30)66)37-16-18-40(61)56-43(37)64/h8-11,13,23-24,29,34,36-38,51,53,68-69H,2-7,12,14-22,25-26H2,1H3,(H2,50,60)(H,52,62)(H,54,65)(H,55,63)(H,56,61,64)/t29-,34+,36+,37?,38+/m1/s1. The number of benzene rings is 2. The van der Waals surface area contributed by atoms with Gasteiger partial charge in [0.1, 0.15) is 29.9 Å². The Labute approximate surface area is 409 Å². The number of nitrogens with zero attached hydrogens (tertiary/aromatic N) is 3. The van der Waals surface area contributed by atoms with Crippen LogP contribution in [0.3, 0.4) is 0 Å². The van der Waals surface area contributed by atoms with E-state index in [1.54, 1.807) is 19.2 Å². The van der Waals surface area contributed by atoms with Gasteiger partial charge in [-0.2, -0.15) is 8.78 Å². The van der Waals surface area contributed by atoms with Gasteiger partial charge in [0.05, 0.1) is 5.56 Å². The molecule has 0 spiro atoms. The number of alkyl halides is 2. The van der Waals surface area contributed by atoms with E-state index in [0.717, 1.165) is 55.5 Å². The average molecular weight is 1010 g/mol. The number of aromatic nitrogens is 1. The zero-order valence-electron chi connectivity index (χ0n) is 39.3. The number of piperidine rings is 1. The average Bonchev–Trinajstić information content (AvgIpc) is 4.04. The van der Waals surface area contributed by atoms with Gasteiger partial charge in [0, 0.05) is 72.8 Å². The van der Waals surface area contributed by atoms with Gasteiger partial charge < -0.3 is 56.5 Å². The Balaban J connectivity index is 0.861. The molecule has 1 aromatic heterocycles. The number of rotatable bonds is 22. The highest BCUT2D eigenvalue weighted by atomic mass is 31.2. The molecule has 5 atom stereocenters. The van der Waals surface area contributed by atoms with Gasteiger partial charge in [0.2, 0.25) is 35.4 Å². The molecule has 1 unspecified atom stereocenters. The zero-order chi connectivity index (χ0) is 51.0. The third-order valence-electron chi connectivity index (χ3n) is 13.5. The highest BCUT2D eigenvalue weighted by Gasteiger charge is 2.46. The number of hydrogen-bond acceptors (Lipinski definition) is 13. The van der Waals surface area contributed by atoms with Gasteiger partial charge in [0.15, 0.2) is 0 Å². The van der Waals surface area contributed by atoms with Crippen molar-refractivity contribution in [1.29, 1.82) is 0 Å². The second-order valence-corrected chi connectivity index (χ2v) is 19.2. The summed E-state index contributed by atoms with van der Waals surface area (Å²) in [7, 11) is -1.56. The van der Waals surface area contributed by atoms with Crippen LogP contribution in [0.15, 0.2) is 42.5 Å². The third-order valence-corrected chi connectivity index (χ3v) is 13.9. The third kappa shape index (κ3) is 13.1. The molecule has 21 nitrogen and oxygen atoms in total. The maximum absolute atomic E-state index is 14.4. The quantitative estimate of drug-likeness (QED) is 0.0397. The number of anilines is 1. The van der Waals surface area contributed by atoms with Crippen LogP contribution >= 0.6 is 8.60 Å². The van der Waals surface area contributed by atoms with Crippen molar-refractivity contribution in [3.8, 4) is 0 Å². The van der Waals surface area contributed by atoms with Crippen LogP contribution in [0.1, 0.15) is 115 Å². The molecule has 0 radical (unpaired) electrons. The predicted molar refractivity (Wildman–Crippen MR) is 254 cm³/mol. The SMILES string of the molecule is CN1CC[C@H]2CC[C@@H](C(=O)N[C@@H](CCC(N)=O)C(=O)NCCCCCCCCNc3cccc4c3CN(C3CCC(=O)NC3=O)C4=O)N2C(=O)[C@@H](NC(=O)c2cc3cc(C(F)(F)OP(O)O)ccc3[nH]2)C1. The number of fused-ring (bicyclic) bond motifs is 3. The largest absolute Gasteiger partial charge is 0.389 e. The Bertz CT molecular complexity index is 2510. The summed E-state index contributed by atoms with van der Waals surface area (Å²) in [5.74, 6) is -3.96. The van der Waals surface area contributed by atoms with Crippen LogP contribution in [0, 0.1) is 0 Å². The number of hydrogen-bond donors (Lipinski definition) is 9. The first-order valence-corrected chi connectivity index (χ1v) is 25.1. The normalized spacial score (nSPS) is 21.1. The highest BCUT2D eigenvalue weighted by Crippen LogP contribution is 2.42. The second kappa shape index (κ2) is 23.4. The lowest BCUT2D eigenvalue weighted by Crippen LogP contribution is -2.61. The lowest BCUT2D eigenvalue weighted by atomic mass is 10.0. The first kappa shape index (κ1) is 52.7. The maximum Gasteiger partial charge on any atom is 0.389 e. The fraction of sp³-hybridized carbons (Fsp3) is 0.532. The second-order valence-electron chi connectivity index (χ2n) is 18.6. The van der Waals surface area contributed by atoms with Crippen molar-refractivity contribution in [2.75, 3.05) is 38.5 Å². The first-order chi connectivity index (χ1) is 33.9. The van der Waals surface area contributed by atoms with E-state index in [9.17, 15) is 47.1 Å². The number of halogens is 2. The minimum Gasteiger partial charge on any atom is -0.385 e. The monoisotopic (exact) mass is 1010 g/mol. The van der Waals surface area contributed by atoms with Gasteiger partial charge in [-0.15, -0.1) is 0 Å². The number of carbonyl (C=O) groups excluding carboxylic acids is 8. The molecule has 3 aromatic rings. The van der Waals surface area contributed by atoms with Crippen LogP contribution in [0.4, 0.5) is 14.5 Å². The molecule has 5 heterocycles. The van der Waals surface area contributed by atoms with Crippen LogP contribution in [0.25, 0.3) is 10.9 Å². The summed E-state index contributed by atoms with van der Waals surface area (Å²) in [6.07, 6.45) is 2.75. The summed E-state index contributed by atoms with van der Waals surface area (Å²) in [6.45, 7) is 1.94. The van der Waals surface area contributed by atoms with E-state index in [2.05, 4.69) is 36.1 Å². The van der Waals surface area contributed by atoms with E-state index in [0.29, 0.717) is 62.8 Å². The molecule has 71 heavy (non-hydrogen) atoms. The molecule has 0 saturated carbocycles. The van der Waals surface area contributed by atoms with Gasteiger partial charge in [-0.1, -0.05) is 31.7 Å². The van der Waals surface area contributed by atoms with Crippen LogP contribution in [0.5, 0.6) is 0 Å². The number of unbranched alkanes of at least 4 members (excludes halogenated alkanes) is 5. The van der Waals surface area contributed by atoms with E-state index in [4.69, 9.17) is 15.5 Å². The van der Waals surface area contributed by atoms with Crippen molar-refractivity contribution >= 4 is 72.5 Å². The van der Waals surface area contributed by atoms with Crippen molar-refractivity contribution in [1.82, 2.24) is 41.0 Å². The van der Waals surface area contributed by atoms with E-state index in [1.165, 1.54) is 21.9 Å². The lowest BCUT2D eigenvalue weighted by Gasteiger charge is -2.37. The van der Waals surface area contributed by atoms with Crippen LogP contribution in [0.2, 0.25) is 0 Å². The van der Waals surface area contributed by atoms with Crippen molar-refractivity contribution in [2.45, 2.75) is 126 Å². The van der Waals surface area contributed by atoms with Crippen LogP contribution in [-0.2, 0) is 45.9 Å². The fourth-order valence-corrected chi connectivity index (χ4v) is 10.1. The maximum atomic E-state index is 14.4. The molecule has 2 aromatic carbocycles. The Kier molecular flexibility index (Phi) is 17.4. The molecular formula is C47H61F2N10O11P. The zero-order valence-corrected chi connectivity index (χ0v) is 40.2. The summed E-state index contributed by atoms with van der Waals surface area (Å²) < 4.78 is 32.8. The van der Waals surface area contributed by atoms with Gasteiger partial charge in [-0.25, -0.2) is 4.52 Å². The molecule has 10 N–H and O–H groups in total. The number of aromatic amines is 1. The summed E-state index contributed by atoms with van der Waals surface area (Å²) in [4.78, 5) is 130. The van der Waals surface area contributed by atoms with E-state index in [-0.39, 0.29) is 61.3 Å². The molecule has 7 rings (SSSR count). The smallest absolute Gasteiger partial charge is 0.385 e. The van der Waals surface area contributed by atoms with Gasteiger partial charge in [-0.3, -0.25) is 43.7 Å². The van der Waals surface area contributed by atoms with Crippen molar-refractivity contribution in [2.24, 2.45) is 5.73 Å². The molecule has 3 fully saturated rings. The van der Waals surface area contributed by atoms with Gasteiger partial charge in [0.25, 0.3) is 11.8 Å². The van der Waals surface area contributed by atoms with E-state index >= 15 is 0 Å². The Morgan fingerprint density at radius 1 is 0.958 bits per heavy atom. The number of imide groups is 1. The Morgan fingerprint density at radius 3 is 2.44 bits per heavy atom. The van der Waals surface area contributed by atoms with E-state index < -0.39 is 79.9 Å². The number of nitrogens with two attached hydrogens (primary N) is 1. The summed E-state index contributed by atoms with van der Waals surface area (Å²) >= 11 is 0. The highest BCUT2D eigenvalue weighted by molar-refractivity contribution is 7.39. The first-order valence-electron chi connectivity index (χ1n) is 24.0. The number of nitrogens with one attached hydrogen (secondary N) is 6. The van der Waals surface area contributed by atoms with Crippen molar-refractivity contribution < 1.29 is 61.4 Å². The molecule has 8 amide bonds. The Hall–Kier alpha value is -6.13. The number of carbonyl (C=O) groups is 8. The molecule has 24 heteroatoms. The van der Waals surface area contributed by atoms with Gasteiger partial charge in [-0.05, 0) is 94.9 Å². The molecule has 384 valence electrons. The lowest BCUT2D eigenvalue weighted by molar-refractivity contribution is -0.189. The number of amides is 8. The Morgan fingerprint density at radius 2 is 1.70 bits per heavy atom. The fourth-order valence-electron chi connectivity index (χ4n) is 9.81. The molecule has 0 bridgehead atoms. The number of H-pyrrole nitrogens is 1. The van der Waals surface area contributed by atoms with E-state index in [1.807, 2.05) is 11.0 Å². The topological polar surface area (TPSA) is 298 Å². The van der Waals surface area contributed by atoms with Crippen LogP contribution in [-0.4, -0.2) is 140 Å². The summed E-state index contributed by atoms with van der Waals surface area (Å²) in [5.41, 5.74) is 7.25. The number of primary amides is 1. The van der Waals surface area contributed by atoms with Crippen LogP contribution < -0.4 is 32.3 Å². The predicted octanol–water partition coefficient (Wildman–Crippen LogP) is 2.32. The van der Waals surface area contributed by atoms with Crippen molar-refractivity contribution in [3.05, 3.63) is 64.8 Å². The summed E-state index contributed by atoms with van der Waals surface area (Å²) in [5, 5.41) is 14.3. The summed E-state index contributed by atoms with van der Waals surface area (Å²) in [6, 6.07) is 5.86. The minimum absolute atomic E-state index is 0.0400.